The summed E-state index contributed by atoms with van der Waals surface area (Å²) >= 11 is 0. The first-order chi connectivity index (χ1) is 11.8. The fourth-order valence-electron chi connectivity index (χ4n) is 2.84. The third-order valence-corrected chi connectivity index (χ3v) is 4.02. The lowest BCUT2D eigenvalue weighted by atomic mass is 10.1. The standard InChI is InChI=1S/C16H17FN6O/c17-13-3-1-2-11(6-13)16-12(8-19-22-16)7-18-9-14-20-21-15-10-24-5-4-23(14)15/h1-3,6,8,18H,4-5,7,9-10H2,(H,19,22). The third-order valence-electron chi connectivity index (χ3n) is 4.02. The van der Waals surface area contributed by atoms with Crippen molar-refractivity contribution in [1.82, 2.24) is 30.3 Å². The van der Waals surface area contributed by atoms with E-state index in [0.717, 1.165) is 35.0 Å². The number of aromatic nitrogens is 5. The number of aromatic amines is 1. The molecule has 0 bridgehead atoms. The van der Waals surface area contributed by atoms with Gasteiger partial charge in [0, 0.05) is 24.2 Å². The lowest BCUT2D eigenvalue weighted by Gasteiger charge is -2.15. The Hall–Kier alpha value is -2.58. The number of nitrogens with zero attached hydrogens (tertiary/aromatic N) is 4. The van der Waals surface area contributed by atoms with Gasteiger partial charge in [-0.15, -0.1) is 10.2 Å². The van der Waals surface area contributed by atoms with Crippen LogP contribution in [0.4, 0.5) is 4.39 Å². The number of hydrogen-bond donors (Lipinski definition) is 2. The zero-order valence-corrected chi connectivity index (χ0v) is 13.0. The Labute approximate surface area is 137 Å². The van der Waals surface area contributed by atoms with E-state index in [1.807, 2.05) is 6.07 Å². The van der Waals surface area contributed by atoms with Crippen molar-refractivity contribution in [2.24, 2.45) is 0 Å². The average molecular weight is 328 g/mol. The first kappa shape index (κ1) is 15.0. The van der Waals surface area contributed by atoms with Crippen molar-refractivity contribution in [3.63, 3.8) is 0 Å². The Balaban J connectivity index is 1.44. The van der Waals surface area contributed by atoms with E-state index in [2.05, 4.69) is 30.3 Å². The molecule has 0 spiro atoms. The smallest absolute Gasteiger partial charge is 0.159 e. The van der Waals surface area contributed by atoms with Crippen LogP contribution in [0.1, 0.15) is 17.2 Å². The van der Waals surface area contributed by atoms with E-state index >= 15 is 0 Å². The van der Waals surface area contributed by atoms with Crippen LogP contribution in [-0.2, 0) is 31.0 Å². The lowest BCUT2D eigenvalue weighted by Crippen LogP contribution is -2.22. The van der Waals surface area contributed by atoms with Crippen molar-refractivity contribution in [3.8, 4) is 11.3 Å². The molecule has 124 valence electrons. The maximum absolute atomic E-state index is 13.4. The van der Waals surface area contributed by atoms with Gasteiger partial charge in [-0.2, -0.15) is 5.10 Å². The molecule has 0 saturated heterocycles. The molecule has 0 aliphatic carbocycles. The third kappa shape index (κ3) is 2.93. The molecule has 7 nitrogen and oxygen atoms in total. The SMILES string of the molecule is Fc1cccc(-c2[nH]ncc2CNCc2nnc3n2CCOC3)c1. The van der Waals surface area contributed by atoms with Gasteiger partial charge in [-0.05, 0) is 12.1 Å². The maximum atomic E-state index is 13.4. The second-order valence-electron chi connectivity index (χ2n) is 5.62. The Bertz CT molecular complexity index is 843. The monoisotopic (exact) mass is 328 g/mol. The number of rotatable bonds is 5. The number of benzene rings is 1. The highest BCUT2D eigenvalue weighted by molar-refractivity contribution is 5.62. The molecule has 0 fully saturated rings. The molecule has 2 aromatic heterocycles. The molecule has 2 N–H and O–H groups in total. The molecule has 0 atom stereocenters. The van der Waals surface area contributed by atoms with Crippen LogP contribution in [0.25, 0.3) is 11.3 Å². The molecule has 0 unspecified atom stereocenters. The summed E-state index contributed by atoms with van der Waals surface area (Å²) in [5.41, 5.74) is 2.57. The van der Waals surface area contributed by atoms with Crippen LogP contribution < -0.4 is 5.32 Å². The Kier molecular flexibility index (Phi) is 4.06. The topological polar surface area (TPSA) is 80.7 Å². The van der Waals surface area contributed by atoms with E-state index in [1.165, 1.54) is 12.1 Å². The molecule has 3 heterocycles. The van der Waals surface area contributed by atoms with E-state index in [4.69, 9.17) is 4.74 Å². The van der Waals surface area contributed by atoms with Crippen molar-refractivity contribution in [2.75, 3.05) is 6.61 Å². The minimum absolute atomic E-state index is 0.265. The highest BCUT2D eigenvalue weighted by Crippen LogP contribution is 2.21. The van der Waals surface area contributed by atoms with Gasteiger partial charge in [-0.1, -0.05) is 12.1 Å². The van der Waals surface area contributed by atoms with Gasteiger partial charge in [0.05, 0.1) is 25.0 Å². The van der Waals surface area contributed by atoms with Gasteiger partial charge in [0.15, 0.2) is 5.82 Å². The predicted octanol–water partition coefficient (Wildman–Crippen LogP) is 1.63. The molecule has 24 heavy (non-hydrogen) atoms. The molecule has 1 aliphatic rings. The molecule has 3 aromatic rings. The number of fused-ring (bicyclic) bond motifs is 1. The second-order valence-corrected chi connectivity index (χ2v) is 5.62. The number of halogens is 1. The maximum Gasteiger partial charge on any atom is 0.159 e. The van der Waals surface area contributed by atoms with E-state index in [-0.39, 0.29) is 5.82 Å². The lowest BCUT2D eigenvalue weighted by molar-refractivity contribution is 0.0805. The van der Waals surface area contributed by atoms with Crippen LogP contribution in [-0.4, -0.2) is 31.6 Å². The number of hydrogen-bond acceptors (Lipinski definition) is 5. The summed E-state index contributed by atoms with van der Waals surface area (Å²) < 4.78 is 20.9. The zero-order chi connectivity index (χ0) is 16.4. The Morgan fingerprint density at radius 1 is 1.29 bits per heavy atom. The normalized spacial score (nSPS) is 13.9. The molecule has 0 saturated carbocycles. The summed E-state index contributed by atoms with van der Waals surface area (Å²) in [5, 5.41) is 18.7. The molecular formula is C16H17FN6O. The molecule has 0 radical (unpaired) electrons. The van der Waals surface area contributed by atoms with Crippen LogP contribution >= 0.6 is 0 Å². The van der Waals surface area contributed by atoms with Crippen LogP contribution in [0.3, 0.4) is 0 Å². The molecule has 4 rings (SSSR count). The Morgan fingerprint density at radius 3 is 3.17 bits per heavy atom. The summed E-state index contributed by atoms with van der Waals surface area (Å²) in [6, 6.07) is 6.46. The predicted molar refractivity (Wildman–Crippen MR) is 84.2 cm³/mol. The van der Waals surface area contributed by atoms with E-state index in [1.54, 1.807) is 12.3 Å². The van der Waals surface area contributed by atoms with Crippen molar-refractivity contribution < 1.29 is 9.13 Å². The molecular weight excluding hydrogens is 311 g/mol. The number of H-pyrrole nitrogens is 1. The van der Waals surface area contributed by atoms with Crippen molar-refractivity contribution in [1.29, 1.82) is 0 Å². The van der Waals surface area contributed by atoms with Gasteiger partial charge >= 0.3 is 0 Å². The minimum Gasteiger partial charge on any atom is -0.372 e. The minimum atomic E-state index is -0.265. The van der Waals surface area contributed by atoms with Gasteiger partial charge in [0.2, 0.25) is 0 Å². The molecule has 8 heteroatoms. The Morgan fingerprint density at radius 2 is 2.25 bits per heavy atom. The van der Waals surface area contributed by atoms with Crippen LogP contribution in [0, 0.1) is 5.82 Å². The largest absolute Gasteiger partial charge is 0.372 e. The first-order valence-electron chi connectivity index (χ1n) is 7.79. The number of nitrogens with one attached hydrogen (secondary N) is 2. The summed E-state index contributed by atoms with van der Waals surface area (Å²) in [6.07, 6.45) is 1.75. The second kappa shape index (κ2) is 6.50. The summed E-state index contributed by atoms with van der Waals surface area (Å²) in [7, 11) is 0. The molecule has 1 aromatic carbocycles. The summed E-state index contributed by atoms with van der Waals surface area (Å²) in [5.74, 6) is 1.49. The fourth-order valence-corrected chi connectivity index (χ4v) is 2.84. The van der Waals surface area contributed by atoms with Gasteiger partial charge in [0.25, 0.3) is 0 Å². The van der Waals surface area contributed by atoms with E-state index in [9.17, 15) is 4.39 Å². The van der Waals surface area contributed by atoms with Crippen LogP contribution in [0.5, 0.6) is 0 Å². The zero-order valence-electron chi connectivity index (χ0n) is 13.0. The summed E-state index contributed by atoms with van der Waals surface area (Å²) in [6.45, 7) is 3.17. The van der Waals surface area contributed by atoms with Gasteiger partial charge in [-0.3, -0.25) is 5.10 Å². The average Bonchev–Trinajstić information content (AvgIpc) is 3.22. The highest BCUT2D eigenvalue weighted by atomic mass is 19.1. The quantitative estimate of drug-likeness (QED) is 0.744. The van der Waals surface area contributed by atoms with Crippen LogP contribution in [0.15, 0.2) is 30.5 Å². The van der Waals surface area contributed by atoms with Crippen molar-refractivity contribution in [2.45, 2.75) is 26.2 Å². The highest BCUT2D eigenvalue weighted by Gasteiger charge is 2.16. The molecule has 1 aliphatic heterocycles. The molecule has 0 amide bonds. The number of ether oxygens (including phenoxy) is 1. The van der Waals surface area contributed by atoms with Gasteiger partial charge in [-0.25, -0.2) is 4.39 Å². The van der Waals surface area contributed by atoms with Crippen molar-refractivity contribution >= 4 is 0 Å². The fraction of sp³-hybridized carbons (Fsp3) is 0.312. The van der Waals surface area contributed by atoms with Crippen LogP contribution in [0.2, 0.25) is 0 Å². The van der Waals surface area contributed by atoms with E-state index < -0.39 is 0 Å². The van der Waals surface area contributed by atoms with Gasteiger partial charge in [0.1, 0.15) is 18.2 Å². The first-order valence-corrected chi connectivity index (χ1v) is 7.79. The van der Waals surface area contributed by atoms with E-state index in [0.29, 0.717) is 26.3 Å². The van der Waals surface area contributed by atoms with Gasteiger partial charge < -0.3 is 14.6 Å². The van der Waals surface area contributed by atoms with Crippen molar-refractivity contribution in [3.05, 3.63) is 53.5 Å². The summed E-state index contributed by atoms with van der Waals surface area (Å²) in [4.78, 5) is 0.